The minimum Gasteiger partial charge on any atom is -0.495 e. The quantitative estimate of drug-likeness (QED) is 0.779. The summed E-state index contributed by atoms with van der Waals surface area (Å²) < 4.78 is 31.0. The second-order valence-corrected chi connectivity index (χ2v) is 5.99. The molecule has 0 aliphatic carbocycles. The van der Waals surface area contributed by atoms with Crippen LogP contribution in [0.15, 0.2) is 23.1 Å². The van der Waals surface area contributed by atoms with Gasteiger partial charge in [0, 0.05) is 13.6 Å². The maximum Gasteiger partial charge on any atom is 0.247 e. The van der Waals surface area contributed by atoms with E-state index in [4.69, 9.17) is 11.2 Å². The molecule has 0 aromatic heterocycles. The highest BCUT2D eigenvalue weighted by Crippen LogP contribution is 2.27. The second-order valence-electron chi connectivity index (χ2n) is 3.98. The molecule has 0 aliphatic heterocycles. The molecule has 0 aliphatic rings. The molecule has 0 saturated carbocycles. The fraction of sp³-hybridized carbons (Fsp3) is 0.385. The van der Waals surface area contributed by atoms with Gasteiger partial charge in [0.15, 0.2) is 0 Å². The molecule has 0 heterocycles. The highest BCUT2D eigenvalue weighted by Gasteiger charge is 2.24. The second kappa shape index (κ2) is 6.57. The lowest BCUT2D eigenvalue weighted by molar-refractivity contribution is 0.399. The smallest absolute Gasteiger partial charge is 0.247 e. The summed E-state index contributed by atoms with van der Waals surface area (Å²) in [6.45, 7) is 0.590. The molecule has 19 heavy (non-hydrogen) atoms. The summed E-state index contributed by atoms with van der Waals surface area (Å²) in [4.78, 5) is 0.125. The Kier molecular flexibility index (Phi) is 5.36. The van der Waals surface area contributed by atoms with Crippen LogP contribution in [0.1, 0.15) is 5.56 Å². The number of ether oxygens (including phenoxy) is 1. The van der Waals surface area contributed by atoms with Crippen LogP contribution in [0.2, 0.25) is 0 Å². The molecule has 5 nitrogen and oxygen atoms in total. The summed E-state index contributed by atoms with van der Waals surface area (Å²) in [5.41, 5.74) is 0.857. The molecule has 0 saturated heterocycles. The van der Waals surface area contributed by atoms with Gasteiger partial charge in [0.1, 0.15) is 10.6 Å². The van der Waals surface area contributed by atoms with Crippen molar-refractivity contribution in [1.82, 2.24) is 9.62 Å². The third-order valence-electron chi connectivity index (χ3n) is 2.61. The fourth-order valence-electron chi connectivity index (χ4n) is 1.62. The van der Waals surface area contributed by atoms with Crippen molar-refractivity contribution in [2.45, 2.75) is 11.4 Å². The van der Waals surface area contributed by atoms with E-state index >= 15 is 0 Å². The third-order valence-corrected chi connectivity index (χ3v) is 4.44. The van der Waals surface area contributed by atoms with E-state index in [0.29, 0.717) is 12.3 Å². The molecule has 0 bridgehead atoms. The minimum atomic E-state index is -3.65. The number of rotatable bonds is 6. The normalized spacial score (nSPS) is 11.3. The van der Waals surface area contributed by atoms with E-state index in [1.54, 1.807) is 19.2 Å². The van der Waals surface area contributed by atoms with Crippen molar-refractivity contribution in [3.05, 3.63) is 23.8 Å². The highest BCUT2D eigenvalue weighted by molar-refractivity contribution is 7.89. The van der Waals surface area contributed by atoms with Crippen LogP contribution in [0.5, 0.6) is 5.75 Å². The Balaban J connectivity index is 3.30. The molecular weight excluding hydrogens is 264 g/mol. The highest BCUT2D eigenvalue weighted by atomic mass is 32.2. The van der Waals surface area contributed by atoms with E-state index in [-0.39, 0.29) is 11.4 Å². The Labute approximate surface area is 114 Å². The molecule has 6 heteroatoms. The van der Waals surface area contributed by atoms with Gasteiger partial charge in [-0.2, -0.15) is 4.31 Å². The first-order valence-electron chi connectivity index (χ1n) is 5.68. The van der Waals surface area contributed by atoms with Gasteiger partial charge in [0.2, 0.25) is 10.0 Å². The fourth-order valence-corrected chi connectivity index (χ4v) is 2.90. The number of nitrogens with one attached hydrogen (secondary N) is 1. The van der Waals surface area contributed by atoms with Crippen molar-refractivity contribution in [2.24, 2.45) is 0 Å². The van der Waals surface area contributed by atoms with Gasteiger partial charge in [-0.1, -0.05) is 12.0 Å². The lowest BCUT2D eigenvalue weighted by atomic mass is 10.2. The standard InChI is InChI=1S/C13H18N2O3S/c1-5-8-15(3)19(16,17)13-9-11(10-14-2)6-7-12(13)18-4/h1,6-7,9,14H,8,10H2,2-4H3. The van der Waals surface area contributed by atoms with Crippen LogP contribution in [0.4, 0.5) is 0 Å². The van der Waals surface area contributed by atoms with Crippen LogP contribution < -0.4 is 10.1 Å². The summed E-state index contributed by atoms with van der Waals surface area (Å²) >= 11 is 0. The number of terminal acetylenes is 1. The van der Waals surface area contributed by atoms with Gasteiger partial charge in [-0.05, 0) is 24.7 Å². The molecule has 0 fully saturated rings. The number of nitrogens with zero attached hydrogens (tertiary/aromatic N) is 1. The summed E-state index contributed by atoms with van der Waals surface area (Å²) in [6, 6.07) is 5.05. The van der Waals surface area contributed by atoms with E-state index in [1.165, 1.54) is 14.2 Å². The Morgan fingerprint density at radius 1 is 1.47 bits per heavy atom. The van der Waals surface area contributed by atoms with Crippen LogP contribution in [0.25, 0.3) is 0 Å². The zero-order valence-corrected chi connectivity index (χ0v) is 12.1. The van der Waals surface area contributed by atoms with Crippen LogP contribution in [-0.4, -0.2) is 40.5 Å². The number of hydrogen-bond donors (Lipinski definition) is 1. The Hall–Kier alpha value is -1.55. The van der Waals surface area contributed by atoms with Crippen LogP contribution in [-0.2, 0) is 16.6 Å². The van der Waals surface area contributed by atoms with Crippen molar-refractivity contribution < 1.29 is 13.2 Å². The van der Waals surface area contributed by atoms with Gasteiger partial charge in [-0.25, -0.2) is 8.42 Å². The predicted octanol–water partition coefficient (Wildman–Crippen LogP) is 0.668. The first-order chi connectivity index (χ1) is 8.97. The zero-order valence-electron chi connectivity index (χ0n) is 11.3. The monoisotopic (exact) mass is 282 g/mol. The predicted molar refractivity (Wildman–Crippen MR) is 74.4 cm³/mol. The average molecular weight is 282 g/mol. The number of sulfonamides is 1. The molecule has 1 aromatic carbocycles. The van der Waals surface area contributed by atoms with Crippen molar-refractivity contribution >= 4 is 10.0 Å². The lowest BCUT2D eigenvalue weighted by Gasteiger charge is -2.17. The minimum absolute atomic E-state index is 0.0156. The van der Waals surface area contributed by atoms with Crippen molar-refractivity contribution in [3.63, 3.8) is 0 Å². The summed E-state index contributed by atoms with van der Waals surface area (Å²) in [5.74, 6) is 2.62. The zero-order chi connectivity index (χ0) is 14.5. The number of hydrogen-bond acceptors (Lipinski definition) is 4. The Bertz CT molecular complexity index is 576. The summed E-state index contributed by atoms with van der Waals surface area (Å²) in [5, 5.41) is 2.97. The van der Waals surface area contributed by atoms with Crippen LogP contribution in [0, 0.1) is 12.3 Å². The Morgan fingerprint density at radius 3 is 2.68 bits per heavy atom. The number of benzene rings is 1. The average Bonchev–Trinajstić information content (AvgIpc) is 2.39. The first kappa shape index (κ1) is 15.5. The van der Waals surface area contributed by atoms with Gasteiger partial charge in [0.05, 0.1) is 13.7 Å². The molecular formula is C13H18N2O3S. The van der Waals surface area contributed by atoms with Crippen molar-refractivity contribution in [1.29, 1.82) is 0 Å². The molecule has 1 N–H and O–H groups in total. The van der Waals surface area contributed by atoms with Crippen LogP contribution >= 0.6 is 0 Å². The topological polar surface area (TPSA) is 58.6 Å². The Morgan fingerprint density at radius 2 is 2.16 bits per heavy atom. The summed E-state index contributed by atoms with van der Waals surface area (Å²) in [7, 11) is 1.03. The van der Waals surface area contributed by atoms with Gasteiger partial charge in [-0.3, -0.25) is 0 Å². The molecule has 1 rings (SSSR count). The molecule has 1 aromatic rings. The third kappa shape index (κ3) is 3.47. The lowest BCUT2D eigenvalue weighted by Crippen LogP contribution is -2.27. The largest absolute Gasteiger partial charge is 0.495 e. The first-order valence-corrected chi connectivity index (χ1v) is 7.12. The van der Waals surface area contributed by atoms with Crippen molar-refractivity contribution in [2.75, 3.05) is 27.7 Å². The maximum atomic E-state index is 12.4. The van der Waals surface area contributed by atoms with Gasteiger partial charge in [0.25, 0.3) is 0 Å². The molecule has 0 spiro atoms. The van der Waals surface area contributed by atoms with E-state index < -0.39 is 10.0 Å². The molecule has 104 valence electrons. The van der Waals surface area contributed by atoms with E-state index in [2.05, 4.69) is 11.2 Å². The van der Waals surface area contributed by atoms with Crippen molar-refractivity contribution in [3.8, 4) is 18.1 Å². The van der Waals surface area contributed by atoms with Gasteiger partial charge in [-0.15, -0.1) is 6.42 Å². The number of methoxy groups -OCH3 is 1. The van der Waals surface area contributed by atoms with E-state index in [0.717, 1.165) is 9.87 Å². The van der Waals surface area contributed by atoms with Gasteiger partial charge < -0.3 is 10.1 Å². The van der Waals surface area contributed by atoms with E-state index in [9.17, 15) is 8.42 Å². The molecule has 0 amide bonds. The molecule has 0 unspecified atom stereocenters. The molecule has 0 atom stereocenters. The van der Waals surface area contributed by atoms with Crippen LogP contribution in [0.3, 0.4) is 0 Å². The summed E-state index contributed by atoms with van der Waals surface area (Å²) in [6.07, 6.45) is 5.15. The van der Waals surface area contributed by atoms with E-state index in [1.807, 2.05) is 6.07 Å². The SMILES string of the molecule is C#CCN(C)S(=O)(=O)c1cc(CNC)ccc1OC. The maximum absolute atomic E-state index is 12.4. The molecule has 0 radical (unpaired) electrons. The van der Waals surface area contributed by atoms with Gasteiger partial charge >= 0.3 is 0 Å².